The van der Waals surface area contributed by atoms with Crippen LogP contribution < -0.4 is 4.90 Å². The SMILES string of the molecule is CCOC(=O)N1CCN(C(=O)c2ccc(CSc3nc(Cl)cc(N4CCCC4)n3)cc2)CC1. The first-order chi connectivity index (χ1) is 16.0. The molecule has 10 heteroatoms. The van der Waals surface area contributed by atoms with Gasteiger partial charge in [0, 0.05) is 56.7 Å². The summed E-state index contributed by atoms with van der Waals surface area (Å²) in [6.45, 7) is 6.12. The number of halogens is 1. The number of anilines is 1. The van der Waals surface area contributed by atoms with Gasteiger partial charge in [-0.1, -0.05) is 35.5 Å². The Morgan fingerprint density at radius 1 is 1.00 bits per heavy atom. The first kappa shape index (κ1) is 23.6. The van der Waals surface area contributed by atoms with Crippen LogP contribution in [0.2, 0.25) is 5.15 Å². The molecule has 2 saturated heterocycles. The minimum atomic E-state index is -0.317. The molecular formula is C23H28ClN5O3S. The fourth-order valence-electron chi connectivity index (χ4n) is 3.94. The summed E-state index contributed by atoms with van der Waals surface area (Å²) in [5.41, 5.74) is 1.72. The van der Waals surface area contributed by atoms with Crippen LogP contribution >= 0.6 is 23.4 Å². The molecule has 1 aromatic carbocycles. The van der Waals surface area contributed by atoms with Crippen molar-refractivity contribution in [3.63, 3.8) is 0 Å². The minimum Gasteiger partial charge on any atom is -0.450 e. The number of benzene rings is 1. The summed E-state index contributed by atoms with van der Waals surface area (Å²) in [5, 5.41) is 1.11. The Morgan fingerprint density at radius 2 is 1.67 bits per heavy atom. The van der Waals surface area contributed by atoms with Gasteiger partial charge in [-0.2, -0.15) is 0 Å². The van der Waals surface area contributed by atoms with E-state index in [-0.39, 0.29) is 12.0 Å². The van der Waals surface area contributed by atoms with Crippen LogP contribution in [0.15, 0.2) is 35.5 Å². The standard InChI is InChI=1S/C23H28ClN5O3S/c1-2-32-23(31)29-13-11-28(12-14-29)21(30)18-7-5-17(6-8-18)16-33-22-25-19(24)15-20(26-22)27-9-3-4-10-27/h5-8,15H,2-4,9-14,16H2,1H3. The highest BCUT2D eigenvalue weighted by Crippen LogP contribution is 2.26. The molecule has 2 amide bonds. The third kappa shape index (κ3) is 6.09. The highest BCUT2D eigenvalue weighted by atomic mass is 35.5. The lowest BCUT2D eigenvalue weighted by atomic mass is 10.1. The molecule has 2 fully saturated rings. The average molecular weight is 490 g/mol. The van der Waals surface area contributed by atoms with Crippen molar-refractivity contribution in [1.82, 2.24) is 19.8 Å². The molecule has 1 aromatic heterocycles. The first-order valence-corrected chi connectivity index (χ1v) is 12.6. The van der Waals surface area contributed by atoms with Gasteiger partial charge in [-0.25, -0.2) is 14.8 Å². The molecule has 2 aliphatic rings. The highest BCUT2D eigenvalue weighted by Gasteiger charge is 2.25. The smallest absolute Gasteiger partial charge is 0.409 e. The van der Waals surface area contributed by atoms with E-state index < -0.39 is 0 Å². The number of nitrogens with zero attached hydrogens (tertiary/aromatic N) is 5. The molecule has 2 aliphatic heterocycles. The number of thioether (sulfide) groups is 1. The van der Waals surface area contributed by atoms with E-state index in [1.54, 1.807) is 16.7 Å². The number of hydrogen-bond donors (Lipinski definition) is 0. The van der Waals surface area contributed by atoms with Gasteiger partial charge >= 0.3 is 6.09 Å². The van der Waals surface area contributed by atoms with Crippen molar-refractivity contribution >= 4 is 41.2 Å². The van der Waals surface area contributed by atoms with Gasteiger partial charge in [0.1, 0.15) is 11.0 Å². The van der Waals surface area contributed by atoms with E-state index in [0.29, 0.717) is 54.4 Å². The summed E-state index contributed by atoms with van der Waals surface area (Å²) in [6.07, 6.45) is 2.04. The summed E-state index contributed by atoms with van der Waals surface area (Å²) < 4.78 is 5.03. The van der Waals surface area contributed by atoms with E-state index in [1.807, 2.05) is 30.3 Å². The van der Waals surface area contributed by atoms with Crippen LogP contribution in [0.5, 0.6) is 0 Å². The van der Waals surface area contributed by atoms with Gasteiger partial charge in [-0.05, 0) is 37.5 Å². The van der Waals surface area contributed by atoms with E-state index >= 15 is 0 Å². The van der Waals surface area contributed by atoms with Gasteiger partial charge in [-0.15, -0.1) is 0 Å². The fourth-order valence-corrected chi connectivity index (χ4v) is 4.98. The second-order valence-electron chi connectivity index (χ2n) is 7.99. The molecule has 0 atom stereocenters. The van der Waals surface area contributed by atoms with Gasteiger partial charge < -0.3 is 19.4 Å². The number of hydrogen-bond acceptors (Lipinski definition) is 7. The van der Waals surface area contributed by atoms with Gasteiger partial charge in [0.2, 0.25) is 0 Å². The van der Waals surface area contributed by atoms with Crippen LogP contribution in [0, 0.1) is 0 Å². The Morgan fingerprint density at radius 3 is 2.33 bits per heavy atom. The van der Waals surface area contributed by atoms with Crippen molar-refractivity contribution in [3.05, 3.63) is 46.6 Å². The lowest BCUT2D eigenvalue weighted by Gasteiger charge is -2.34. The summed E-state index contributed by atoms with van der Waals surface area (Å²) >= 11 is 7.75. The number of aromatic nitrogens is 2. The van der Waals surface area contributed by atoms with Gasteiger partial charge in [-0.3, -0.25) is 4.79 Å². The van der Waals surface area contributed by atoms with Crippen LogP contribution in [0.25, 0.3) is 0 Å². The molecule has 0 saturated carbocycles. The van der Waals surface area contributed by atoms with Crippen LogP contribution in [0.4, 0.5) is 10.6 Å². The maximum atomic E-state index is 12.8. The number of piperazine rings is 1. The lowest BCUT2D eigenvalue weighted by Crippen LogP contribution is -2.50. The van der Waals surface area contributed by atoms with Crippen LogP contribution in [-0.4, -0.2) is 77.6 Å². The van der Waals surface area contributed by atoms with Crippen molar-refractivity contribution in [2.75, 3.05) is 50.8 Å². The Bertz CT molecular complexity index is 977. The molecule has 2 aromatic rings. The number of rotatable bonds is 6. The lowest BCUT2D eigenvalue weighted by molar-refractivity contribution is 0.0570. The zero-order valence-electron chi connectivity index (χ0n) is 18.7. The quantitative estimate of drug-likeness (QED) is 0.345. The maximum Gasteiger partial charge on any atom is 0.409 e. The van der Waals surface area contributed by atoms with Crippen molar-refractivity contribution in [3.8, 4) is 0 Å². The van der Waals surface area contributed by atoms with Crippen LogP contribution in [-0.2, 0) is 10.5 Å². The van der Waals surface area contributed by atoms with E-state index in [2.05, 4.69) is 14.9 Å². The number of amides is 2. The normalized spacial score (nSPS) is 16.2. The second kappa shape index (κ2) is 11.1. The fraction of sp³-hybridized carbons (Fsp3) is 0.478. The molecule has 0 N–H and O–H groups in total. The molecular weight excluding hydrogens is 462 g/mol. The minimum absolute atomic E-state index is 0.0221. The highest BCUT2D eigenvalue weighted by molar-refractivity contribution is 7.98. The summed E-state index contributed by atoms with van der Waals surface area (Å²) in [4.78, 5) is 39.3. The van der Waals surface area contributed by atoms with E-state index in [4.69, 9.17) is 16.3 Å². The summed E-state index contributed by atoms with van der Waals surface area (Å²) in [6, 6.07) is 9.45. The molecule has 0 aliphatic carbocycles. The second-order valence-corrected chi connectivity index (χ2v) is 9.32. The maximum absolute atomic E-state index is 12.8. The largest absolute Gasteiger partial charge is 0.450 e. The molecule has 0 spiro atoms. The van der Waals surface area contributed by atoms with Gasteiger partial charge in [0.25, 0.3) is 5.91 Å². The zero-order valence-corrected chi connectivity index (χ0v) is 20.3. The van der Waals surface area contributed by atoms with E-state index in [0.717, 1.165) is 24.5 Å². The molecule has 176 valence electrons. The molecule has 0 bridgehead atoms. The van der Waals surface area contributed by atoms with Crippen molar-refractivity contribution in [2.24, 2.45) is 0 Å². The molecule has 0 radical (unpaired) electrons. The Kier molecular flexibility index (Phi) is 7.93. The Hall–Kier alpha value is -2.52. The predicted octanol–water partition coefficient (Wildman–Crippen LogP) is 3.94. The van der Waals surface area contributed by atoms with Crippen LogP contribution in [0.1, 0.15) is 35.7 Å². The van der Waals surface area contributed by atoms with Crippen molar-refractivity contribution < 1.29 is 14.3 Å². The molecule has 4 rings (SSSR count). The van der Waals surface area contributed by atoms with Crippen LogP contribution in [0.3, 0.4) is 0 Å². The number of carbonyl (C=O) groups excluding carboxylic acids is 2. The first-order valence-electron chi connectivity index (χ1n) is 11.3. The molecule has 0 unspecified atom stereocenters. The number of carbonyl (C=O) groups is 2. The molecule has 33 heavy (non-hydrogen) atoms. The monoisotopic (exact) mass is 489 g/mol. The Labute approximate surface area is 203 Å². The summed E-state index contributed by atoms with van der Waals surface area (Å²) in [7, 11) is 0. The zero-order chi connectivity index (χ0) is 23.2. The third-order valence-corrected chi connectivity index (χ3v) is 6.86. The molecule has 3 heterocycles. The average Bonchev–Trinajstić information content (AvgIpc) is 3.38. The van der Waals surface area contributed by atoms with Crippen molar-refractivity contribution in [1.29, 1.82) is 0 Å². The molecule has 8 nitrogen and oxygen atoms in total. The van der Waals surface area contributed by atoms with E-state index in [9.17, 15) is 9.59 Å². The van der Waals surface area contributed by atoms with E-state index in [1.165, 1.54) is 24.6 Å². The number of ether oxygens (including phenoxy) is 1. The predicted molar refractivity (Wildman–Crippen MR) is 129 cm³/mol. The van der Waals surface area contributed by atoms with Crippen molar-refractivity contribution in [2.45, 2.75) is 30.7 Å². The van der Waals surface area contributed by atoms with Gasteiger partial charge in [0.05, 0.1) is 6.61 Å². The topological polar surface area (TPSA) is 78.9 Å². The third-order valence-electron chi connectivity index (χ3n) is 5.75. The summed E-state index contributed by atoms with van der Waals surface area (Å²) in [5.74, 6) is 1.55. The Balaban J connectivity index is 1.31. The van der Waals surface area contributed by atoms with Gasteiger partial charge in [0.15, 0.2) is 5.16 Å².